The fraction of sp³-hybridized carbons (Fsp3) is 0.176. The third-order valence-electron chi connectivity index (χ3n) is 3.60. The quantitative estimate of drug-likeness (QED) is 0.629. The van der Waals surface area contributed by atoms with E-state index in [0.29, 0.717) is 0 Å². The largest absolute Gasteiger partial charge is 0.0905 e. The van der Waals surface area contributed by atoms with Crippen molar-refractivity contribution in [3.8, 4) is 0 Å². The van der Waals surface area contributed by atoms with Gasteiger partial charge in [-0.15, -0.1) is 0 Å². The molecule has 0 spiro atoms. The second kappa shape index (κ2) is 3.89. The Morgan fingerprint density at radius 1 is 1.00 bits per heavy atom. The Hall–Kier alpha value is -1.82. The number of benzene rings is 2. The monoisotopic (exact) mass is 220 g/mol. The molecule has 0 saturated heterocycles. The lowest BCUT2D eigenvalue weighted by Gasteiger charge is -2.07. The average molecular weight is 220 g/mol. The van der Waals surface area contributed by atoms with Crippen molar-refractivity contribution in [3.63, 3.8) is 0 Å². The highest BCUT2D eigenvalue weighted by Gasteiger charge is 2.02. The van der Waals surface area contributed by atoms with E-state index in [2.05, 4.69) is 56.0 Å². The zero-order valence-electron chi connectivity index (χ0n) is 10.2. The van der Waals surface area contributed by atoms with Gasteiger partial charge >= 0.3 is 0 Å². The van der Waals surface area contributed by atoms with E-state index in [0.717, 1.165) is 12.8 Å². The first-order valence-electron chi connectivity index (χ1n) is 6.19. The molecule has 0 saturated carbocycles. The molecule has 0 aliphatic heterocycles. The summed E-state index contributed by atoms with van der Waals surface area (Å²) in [6, 6.07) is 8.64. The van der Waals surface area contributed by atoms with Crippen molar-refractivity contribution < 1.29 is 0 Å². The van der Waals surface area contributed by atoms with E-state index in [1.165, 1.54) is 31.6 Å². The second-order valence-electron chi connectivity index (χ2n) is 4.54. The van der Waals surface area contributed by atoms with Crippen LogP contribution in [0.4, 0.5) is 0 Å². The normalized spacial score (nSPS) is 15.2. The molecule has 3 rings (SSSR count). The van der Waals surface area contributed by atoms with Gasteiger partial charge < -0.3 is 0 Å². The van der Waals surface area contributed by atoms with Crippen LogP contribution >= 0.6 is 0 Å². The molecule has 17 heavy (non-hydrogen) atoms. The highest BCUT2D eigenvalue weighted by Crippen LogP contribution is 2.04. The maximum absolute atomic E-state index is 4.27. The summed E-state index contributed by atoms with van der Waals surface area (Å²) >= 11 is 0. The lowest BCUT2D eigenvalue weighted by Crippen LogP contribution is -2.48. The van der Waals surface area contributed by atoms with Crippen LogP contribution in [-0.2, 0) is 0 Å². The Balaban J connectivity index is 2.80. The second-order valence-corrected chi connectivity index (χ2v) is 4.54. The van der Waals surface area contributed by atoms with E-state index in [1.807, 2.05) is 0 Å². The summed E-state index contributed by atoms with van der Waals surface area (Å²) in [5.74, 6) is 0. The smallest absolute Gasteiger partial charge is 0.0102 e. The highest BCUT2D eigenvalue weighted by molar-refractivity contribution is 5.85. The van der Waals surface area contributed by atoms with Crippen LogP contribution in [0.5, 0.6) is 0 Å². The SMILES string of the molecule is C=c1c2c(c3ccccc3/c1=C/C)=CCCC=2. The lowest BCUT2D eigenvalue weighted by molar-refractivity contribution is 1.12. The van der Waals surface area contributed by atoms with E-state index >= 15 is 0 Å². The zero-order chi connectivity index (χ0) is 11.8. The number of hydrogen-bond donors (Lipinski definition) is 0. The van der Waals surface area contributed by atoms with Gasteiger partial charge in [-0.05, 0) is 51.4 Å². The van der Waals surface area contributed by atoms with Gasteiger partial charge in [-0.1, -0.05) is 49.1 Å². The molecule has 0 fully saturated rings. The van der Waals surface area contributed by atoms with Gasteiger partial charge in [0.1, 0.15) is 0 Å². The lowest BCUT2D eigenvalue weighted by atomic mass is 9.97. The number of hydrogen-bond acceptors (Lipinski definition) is 0. The molecular weight excluding hydrogens is 204 g/mol. The first kappa shape index (κ1) is 10.3. The van der Waals surface area contributed by atoms with Crippen LogP contribution in [-0.4, -0.2) is 0 Å². The fourth-order valence-corrected chi connectivity index (χ4v) is 2.81. The predicted octanol–water partition coefficient (Wildman–Crippen LogP) is 1.41. The van der Waals surface area contributed by atoms with Gasteiger partial charge in [-0.2, -0.15) is 0 Å². The summed E-state index contributed by atoms with van der Waals surface area (Å²) in [5.41, 5.74) is 0. The molecule has 0 heterocycles. The standard InChI is InChI=1S/C17H16/c1-3-13-12(2)14-8-4-5-10-16(14)17-11-7-6-9-15(13)17/h3,6-11H,2,4-5H2,1H3/b13-3+. The van der Waals surface area contributed by atoms with E-state index in [1.54, 1.807) is 0 Å². The first-order chi connectivity index (χ1) is 8.33. The Bertz CT molecular complexity index is 808. The Kier molecular flexibility index (Phi) is 2.36. The maximum Gasteiger partial charge on any atom is -0.0102 e. The maximum atomic E-state index is 4.27. The Morgan fingerprint density at radius 3 is 2.35 bits per heavy atom. The van der Waals surface area contributed by atoms with Crippen LogP contribution in [0, 0.1) is 0 Å². The van der Waals surface area contributed by atoms with Crippen LogP contribution in [0.1, 0.15) is 19.8 Å². The minimum Gasteiger partial charge on any atom is -0.0905 e. The molecule has 0 heteroatoms. The summed E-state index contributed by atoms with van der Waals surface area (Å²) in [6.07, 6.45) is 9.14. The molecule has 0 nitrogen and oxygen atoms in total. The predicted molar refractivity (Wildman–Crippen MR) is 76.3 cm³/mol. The third kappa shape index (κ3) is 1.44. The molecule has 1 aliphatic carbocycles. The number of fused-ring (bicyclic) bond motifs is 3. The minimum atomic E-state index is 1.14. The van der Waals surface area contributed by atoms with Gasteiger partial charge in [0.25, 0.3) is 0 Å². The van der Waals surface area contributed by atoms with Gasteiger partial charge in [0, 0.05) is 0 Å². The van der Waals surface area contributed by atoms with Crippen LogP contribution in [0.15, 0.2) is 24.3 Å². The van der Waals surface area contributed by atoms with Gasteiger partial charge in [-0.3, -0.25) is 0 Å². The fourth-order valence-electron chi connectivity index (χ4n) is 2.81. The molecule has 1 aliphatic rings. The number of rotatable bonds is 0. The van der Waals surface area contributed by atoms with Gasteiger partial charge in [0.2, 0.25) is 0 Å². The molecule has 0 amide bonds. The summed E-state index contributed by atoms with van der Waals surface area (Å²) in [6.45, 7) is 6.36. The molecule has 0 aromatic heterocycles. The molecule has 0 atom stereocenters. The minimum absolute atomic E-state index is 1.14. The van der Waals surface area contributed by atoms with Gasteiger partial charge in [0.05, 0.1) is 0 Å². The Morgan fingerprint density at radius 2 is 1.65 bits per heavy atom. The van der Waals surface area contributed by atoms with Crippen LogP contribution in [0.2, 0.25) is 0 Å². The highest BCUT2D eigenvalue weighted by atomic mass is 14.1. The third-order valence-corrected chi connectivity index (χ3v) is 3.60. The van der Waals surface area contributed by atoms with E-state index in [4.69, 9.17) is 0 Å². The molecule has 84 valence electrons. The van der Waals surface area contributed by atoms with Crippen molar-refractivity contribution in [3.05, 3.63) is 45.1 Å². The van der Waals surface area contributed by atoms with Crippen molar-refractivity contribution in [2.24, 2.45) is 0 Å². The molecule has 2 aromatic carbocycles. The summed E-state index contributed by atoms with van der Waals surface area (Å²) in [7, 11) is 0. The zero-order valence-corrected chi connectivity index (χ0v) is 10.2. The summed E-state index contributed by atoms with van der Waals surface area (Å²) in [4.78, 5) is 0. The van der Waals surface area contributed by atoms with Gasteiger partial charge in [0.15, 0.2) is 0 Å². The van der Waals surface area contributed by atoms with Crippen molar-refractivity contribution in [2.45, 2.75) is 19.8 Å². The van der Waals surface area contributed by atoms with E-state index < -0.39 is 0 Å². The average Bonchev–Trinajstić information content (AvgIpc) is 2.40. The van der Waals surface area contributed by atoms with Crippen molar-refractivity contribution in [2.75, 3.05) is 0 Å². The molecular formula is C17H16. The molecule has 0 N–H and O–H groups in total. The summed E-state index contributed by atoms with van der Waals surface area (Å²) < 4.78 is 0. The van der Waals surface area contributed by atoms with Crippen LogP contribution < -0.4 is 20.9 Å². The first-order valence-corrected chi connectivity index (χ1v) is 6.19. The van der Waals surface area contributed by atoms with Crippen molar-refractivity contribution in [1.82, 2.24) is 0 Å². The van der Waals surface area contributed by atoms with Gasteiger partial charge in [-0.25, -0.2) is 0 Å². The van der Waals surface area contributed by atoms with E-state index in [9.17, 15) is 0 Å². The molecule has 2 aromatic rings. The summed E-state index contributed by atoms with van der Waals surface area (Å²) in [5, 5.41) is 7.86. The van der Waals surface area contributed by atoms with Crippen molar-refractivity contribution in [1.29, 1.82) is 0 Å². The Labute approximate surface area is 101 Å². The molecule has 0 bridgehead atoms. The topological polar surface area (TPSA) is 0 Å². The van der Waals surface area contributed by atoms with Crippen LogP contribution in [0.25, 0.3) is 35.6 Å². The molecule has 0 unspecified atom stereocenters. The van der Waals surface area contributed by atoms with Crippen molar-refractivity contribution >= 4 is 35.6 Å². The van der Waals surface area contributed by atoms with Crippen LogP contribution in [0.3, 0.4) is 0 Å². The molecule has 0 radical (unpaired) electrons. The van der Waals surface area contributed by atoms with E-state index in [-0.39, 0.29) is 0 Å².